The standard InChI is InChI=1S/C8H13NO3/c1-2-6(10)3-4-7-8(11)12-5-9-7/h7,9H,2-5H2,1H3/t7-/m0/s1. The van der Waals surface area contributed by atoms with Gasteiger partial charge in [0.25, 0.3) is 0 Å². The van der Waals surface area contributed by atoms with Crippen LogP contribution in [0.2, 0.25) is 0 Å². The normalized spacial score (nSPS) is 22.4. The molecule has 1 N–H and O–H groups in total. The Morgan fingerprint density at radius 3 is 3.00 bits per heavy atom. The highest BCUT2D eigenvalue weighted by Crippen LogP contribution is 2.06. The van der Waals surface area contributed by atoms with Gasteiger partial charge in [-0.15, -0.1) is 0 Å². The van der Waals surface area contributed by atoms with Crippen LogP contribution in [0.15, 0.2) is 0 Å². The quantitative estimate of drug-likeness (QED) is 0.615. The minimum Gasteiger partial charge on any atom is -0.449 e. The van der Waals surface area contributed by atoms with E-state index in [1.165, 1.54) is 0 Å². The van der Waals surface area contributed by atoms with Crippen molar-refractivity contribution in [2.75, 3.05) is 6.73 Å². The van der Waals surface area contributed by atoms with E-state index < -0.39 is 0 Å². The van der Waals surface area contributed by atoms with E-state index in [-0.39, 0.29) is 24.5 Å². The van der Waals surface area contributed by atoms with E-state index in [4.69, 9.17) is 0 Å². The van der Waals surface area contributed by atoms with Crippen molar-refractivity contribution in [2.45, 2.75) is 32.2 Å². The molecule has 68 valence electrons. The summed E-state index contributed by atoms with van der Waals surface area (Å²) in [6.45, 7) is 2.10. The number of cyclic esters (lactones) is 1. The summed E-state index contributed by atoms with van der Waals surface area (Å²) in [5.74, 6) is -0.0459. The number of ether oxygens (including phenoxy) is 1. The van der Waals surface area contributed by atoms with Gasteiger partial charge in [-0.1, -0.05) is 6.92 Å². The lowest BCUT2D eigenvalue weighted by Gasteiger charge is -2.03. The summed E-state index contributed by atoms with van der Waals surface area (Å²) in [6, 6.07) is -0.263. The van der Waals surface area contributed by atoms with Crippen molar-refractivity contribution in [1.29, 1.82) is 0 Å². The summed E-state index contributed by atoms with van der Waals surface area (Å²) >= 11 is 0. The lowest BCUT2D eigenvalue weighted by molar-refractivity contribution is -0.139. The number of hydrogen-bond acceptors (Lipinski definition) is 4. The Morgan fingerprint density at radius 2 is 2.50 bits per heavy atom. The maximum atomic E-state index is 10.9. The molecule has 1 heterocycles. The summed E-state index contributed by atoms with van der Waals surface area (Å²) in [5, 5.41) is 2.86. The smallest absolute Gasteiger partial charge is 0.324 e. The topological polar surface area (TPSA) is 55.4 Å². The van der Waals surface area contributed by atoms with Gasteiger partial charge in [0.15, 0.2) is 0 Å². The molecule has 1 rings (SSSR count). The van der Waals surface area contributed by atoms with Crippen molar-refractivity contribution in [3.8, 4) is 0 Å². The van der Waals surface area contributed by atoms with Crippen molar-refractivity contribution in [3.63, 3.8) is 0 Å². The van der Waals surface area contributed by atoms with E-state index in [2.05, 4.69) is 10.1 Å². The first-order chi connectivity index (χ1) is 5.74. The van der Waals surface area contributed by atoms with E-state index in [9.17, 15) is 9.59 Å². The third-order valence-electron chi connectivity index (χ3n) is 1.93. The number of ketones is 1. The molecule has 0 radical (unpaired) electrons. The number of hydrogen-bond donors (Lipinski definition) is 1. The first-order valence-corrected chi connectivity index (χ1v) is 4.15. The second-order valence-corrected chi connectivity index (χ2v) is 2.80. The molecule has 0 amide bonds. The molecule has 0 aromatic rings. The third-order valence-corrected chi connectivity index (χ3v) is 1.93. The maximum absolute atomic E-state index is 10.9. The number of esters is 1. The molecule has 1 aliphatic heterocycles. The van der Waals surface area contributed by atoms with Crippen LogP contribution >= 0.6 is 0 Å². The van der Waals surface area contributed by atoms with Crippen molar-refractivity contribution in [1.82, 2.24) is 5.32 Å². The molecule has 4 nitrogen and oxygen atoms in total. The Morgan fingerprint density at radius 1 is 1.75 bits per heavy atom. The van der Waals surface area contributed by atoms with Gasteiger partial charge in [0.2, 0.25) is 0 Å². The minimum absolute atomic E-state index is 0.191. The average Bonchev–Trinajstić information content (AvgIpc) is 2.47. The van der Waals surface area contributed by atoms with E-state index in [1.54, 1.807) is 0 Å². The Kier molecular flexibility index (Phi) is 3.22. The molecule has 1 fully saturated rings. The molecule has 12 heavy (non-hydrogen) atoms. The average molecular weight is 171 g/mol. The van der Waals surface area contributed by atoms with Gasteiger partial charge >= 0.3 is 5.97 Å². The molecular formula is C8H13NO3. The van der Waals surface area contributed by atoms with Crippen LogP contribution in [0, 0.1) is 0 Å². The zero-order chi connectivity index (χ0) is 8.97. The minimum atomic E-state index is -0.263. The molecule has 0 aromatic heterocycles. The lowest BCUT2D eigenvalue weighted by Crippen LogP contribution is -2.27. The molecule has 0 unspecified atom stereocenters. The summed E-state index contributed by atoms with van der Waals surface area (Å²) in [5.41, 5.74) is 0. The maximum Gasteiger partial charge on any atom is 0.324 e. The summed E-state index contributed by atoms with van der Waals surface area (Å²) in [7, 11) is 0. The summed E-state index contributed by atoms with van der Waals surface area (Å²) in [4.78, 5) is 21.8. The highest BCUT2D eigenvalue weighted by molar-refractivity contribution is 5.81. The van der Waals surface area contributed by atoms with Crippen LogP contribution in [-0.2, 0) is 14.3 Å². The monoisotopic (exact) mass is 171 g/mol. The molecule has 0 aliphatic carbocycles. The van der Waals surface area contributed by atoms with E-state index in [1.807, 2.05) is 6.92 Å². The molecule has 0 bridgehead atoms. The first kappa shape index (κ1) is 9.19. The number of carbonyl (C=O) groups excluding carboxylic acids is 2. The Balaban J connectivity index is 2.22. The van der Waals surface area contributed by atoms with Gasteiger partial charge in [0.05, 0.1) is 0 Å². The molecule has 1 saturated heterocycles. The van der Waals surface area contributed by atoms with Crippen LogP contribution < -0.4 is 5.32 Å². The second kappa shape index (κ2) is 4.21. The Hall–Kier alpha value is -0.900. The highest BCUT2D eigenvalue weighted by atomic mass is 16.6. The SMILES string of the molecule is CCC(=O)CC[C@@H]1NCOC1=O. The fourth-order valence-electron chi connectivity index (χ4n) is 1.10. The number of Topliss-reactive ketones (excluding diaryl/α,β-unsaturated/α-hetero) is 1. The first-order valence-electron chi connectivity index (χ1n) is 4.15. The molecule has 0 aromatic carbocycles. The van der Waals surface area contributed by atoms with E-state index >= 15 is 0 Å². The lowest BCUT2D eigenvalue weighted by atomic mass is 10.1. The van der Waals surface area contributed by atoms with Gasteiger partial charge < -0.3 is 4.74 Å². The van der Waals surface area contributed by atoms with Crippen LogP contribution in [0.4, 0.5) is 0 Å². The molecule has 0 spiro atoms. The number of rotatable bonds is 4. The molecular weight excluding hydrogens is 158 g/mol. The van der Waals surface area contributed by atoms with Crippen molar-refractivity contribution in [2.24, 2.45) is 0 Å². The number of nitrogens with one attached hydrogen (secondary N) is 1. The van der Waals surface area contributed by atoms with Crippen LogP contribution in [-0.4, -0.2) is 24.5 Å². The predicted octanol–water partition coefficient (Wildman–Crippen LogP) is 0.218. The van der Waals surface area contributed by atoms with Gasteiger partial charge in [0.1, 0.15) is 18.6 Å². The predicted molar refractivity (Wildman–Crippen MR) is 42.4 cm³/mol. The van der Waals surface area contributed by atoms with E-state index in [0.29, 0.717) is 19.3 Å². The largest absolute Gasteiger partial charge is 0.449 e. The fourth-order valence-corrected chi connectivity index (χ4v) is 1.10. The molecule has 1 atom stereocenters. The third kappa shape index (κ3) is 2.30. The van der Waals surface area contributed by atoms with Gasteiger partial charge in [-0.3, -0.25) is 14.9 Å². The Bertz CT molecular complexity index is 191. The zero-order valence-electron chi connectivity index (χ0n) is 7.13. The van der Waals surface area contributed by atoms with Crippen LogP contribution in [0.25, 0.3) is 0 Å². The second-order valence-electron chi connectivity index (χ2n) is 2.80. The summed E-state index contributed by atoms with van der Waals surface area (Å²) < 4.78 is 4.67. The highest BCUT2D eigenvalue weighted by Gasteiger charge is 2.25. The molecule has 0 saturated carbocycles. The Labute approximate surface area is 71.3 Å². The zero-order valence-corrected chi connectivity index (χ0v) is 7.13. The fraction of sp³-hybridized carbons (Fsp3) is 0.750. The van der Waals surface area contributed by atoms with Crippen LogP contribution in [0.3, 0.4) is 0 Å². The molecule has 1 aliphatic rings. The van der Waals surface area contributed by atoms with Gasteiger partial charge in [0, 0.05) is 12.8 Å². The van der Waals surface area contributed by atoms with Crippen LogP contribution in [0.1, 0.15) is 26.2 Å². The number of carbonyl (C=O) groups is 2. The van der Waals surface area contributed by atoms with Crippen molar-refractivity contribution < 1.29 is 14.3 Å². The molecule has 4 heteroatoms. The van der Waals surface area contributed by atoms with Gasteiger partial charge in [-0.05, 0) is 6.42 Å². The van der Waals surface area contributed by atoms with Crippen molar-refractivity contribution >= 4 is 11.8 Å². The van der Waals surface area contributed by atoms with E-state index in [0.717, 1.165) is 0 Å². The van der Waals surface area contributed by atoms with Gasteiger partial charge in [-0.25, -0.2) is 0 Å². The van der Waals surface area contributed by atoms with Crippen LogP contribution in [0.5, 0.6) is 0 Å². The summed E-state index contributed by atoms with van der Waals surface area (Å²) in [6.07, 6.45) is 1.57. The van der Waals surface area contributed by atoms with Crippen molar-refractivity contribution in [3.05, 3.63) is 0 Å². The van der Waals surface area contributed by atoms with Gasteiger partial charge in [-0.2, -0.15) is 0 Å².